The molecule has 5 rings (SSSR count). The van der Waals surface area contributed by atoms with Crippen molar-refractivity contribution in [3.63, 3.8) is 0 Å². The number of piperidine rings is 1. The van der Waals surface area contributed by atoms with Gasteiger partial charge in [0.1, 0.15) is 0 Å². The van der Waals surface area contributed by atoms with Crippen LogP contribution >= 0.6 is 11.3 Å². The molecule has 6 nitrogen and oxygen atoms in total. The van der Waals surface area contributed by atoms with Crippen molar-refractivity contribution in [2.45, 2.75) is 51.5 Å². The first-order valence-corrected chi connectivity index (χ1v) is 12.6. The zero-order valence-electron chi connectivity index (χ0n) is 18.6. The van der Waals surface area contributed by atoms with Gasteiger partial charge in [-0.25, -0.2) is 9.97 Å². The van der Waals surface area contributed by atoms with Gasteiger partial charge in [0.05, 0.1) is 10.6 Å². The molecule has 0 bridgehead atoms. The smallest absolute Gasteiger partial charge is 0.252 e. The number of thiophene rings is 1. The minimum Gasteiger partial charge on any atom is -0.354 e. The number of carbonyl (C=O) groups is 1. The lowest BCUT2D eigenvalue weighted by Gasteiger charge is -2.22. The van der Waals surface area contributed by atoms with E-state index in [0.29, 0.717) is 12.0 Å². The maximum absolute atomic E-state index is 12.7. The molecule has 1 amide bonds. The predicted octanol–water partition coefficient (Wildman–Crippen LogP) is 4.75. The molecule has 7 heteroatoms. The number of hydrogen-bond acceptors (Lipinski definition) is 6. The first-order valence-electron chi connectivity index (χ1n) is 11.8. The normalized spacial score (nSPS) is 16.9. The highest BCUT2D eigenvalue weighted by Crippen LogP contribution is 2.36. The van der Waals surface area contributed by atoms with Gasteiger partial charge in [0.25, 0.3) is 5.91 Å². The van der Waals surface area contributed by atoms with E-state index in [1.54, 1.807) is 11.3 Å². The maximum atomic E-state index is 12.7. The summed E-state index contributed by atoms with van der Waals surface area (Å²) in [4.78, 5) is 23.1. The van der Waals surface area contributed by atoms with Gasteiger partial charge in [-0.1, -0.05) is 6.07 Å². The van der Waals surface area contributed by atoms with E-state index in [2.05, 4.69) is 33.1 Å². The van der Waals surface area contributed by atoms with Crippen LogP contribution in [0.1, 0.15) is 54.4 Å². The Morgan fingerprint density at radius 2 is 2.06 bits per heavy atom. The van der Waals surface area contributed by atoms with E-state index in [1.807, 2.05) is 25.3 Å². The topological polar surface area (TPSA) is 78.9 Å². The third kappa shape index (κ3) is 4.94. The Morgan fingerprint density at radius 3 is 2.88 bits per heavy atom. The zero-order chi connectivity index (χ0) is 21.9. The van der Waals surface area contributed by atoms with Crippen LogP contribution in [0.3, 0.4) is 0 Å². The summed E-state index contributed by atoms with van der Waals surface area (Å²) in [6.07, 6.45) is 9.04. The number of carbonyl (C=O) groups excluding carboxylic acids is 1. The number of amides is 1. The summed E-state index contributed by atoms with van der Waals surface area (Å²) < 4.78 is 1.11. The van der Waals surface area contributed by atoms with E-state index in [4.69, 9.17) is 4.98 Å². The SMILES string of the molecule is Cc1cnc(NCCCC2CCNCC2)nc1-c1cc2c(C(=O)NC3CC3)cccc2s1. The fraction of sp³-hybridized carbons (Fsp3) is 0.480. The van der Waals surface area contributed by atoms with Crippen LogP contribution in [0.15, 0.2) is 30.5 Å². The lowest BCUT2D eigenvalue weighted by Crippen LogP contribution is -2.27. The monoisotopic (exact) mass is 449 g/mol. The van der Waals surface area contributed by atoms with E-state index in [0.717, 1.165) is 76.6 Å². The molecule has 3 heterocycles. The molecule has 3 N–H and O–H groups in total. The van der Waals surface area contributed by atoms with E-state index in [1.165, 1.54) is 19.3 Å². The van der Waals surface area contributed by atoms with Crippen LogP contribution in [0.5, 0.6) is 0 Å². The molecule has 1 aliphatic heterocycles. The zero-order valence-corrected chi connectivity index (χ0v) is 19.4. The Balaban J connectivity index is 1.30. The van der Waals surface area contributed by atoms with E-state index < -0.39 is 0 Å². The molecule has 0 radical (unpaired) electrons. The quantitative estimate of drug-likeness (QED) is 0.433. The second-order valence-electron chi connectivity index (χ2n) is 9.06. The molecule has 2 fully saturated rings. The summed E-state index contributed by atoms with van der Waals surface area (Å²) in [5.41, 5.74) is 2.73. The van der Waals surface area contributed by atoms with Gasteiger partial charge >= 0.3 is 0 Å². The molecule has 1 saturated carbocycles. The van der Waals surface area contributed by atoms with Crippen molar-refractivity contribution < 1.29 is 4.79 Å². The number of hydrogen-bond donors (Lipinski definition) is 3. The molecular weight excluding hydrogens is 418 g/mol. The second-order valence-corrected chi connectivity index (χ2v) is 10.1. The highest BCUT2D eigenvalue weighted by molar-refractivity contribution is 7.22. The van der Waals surface area contributed by atoms with Crippen molar-refractivity contribution in [2.24, 2.45) is 5.92 Å². The first kappa shape index (κ1) is 21.3. The maximum Gasteiger partial charge on any atom is 0.252 e. The molecule has 0 unspecified atom stereocenters. The molecule has 3 aromatic rings. The summed E-state index contributed by atoms with van der Waals surface area (Å²) in [5, 5.41) is 11.0. The van der Waals surface area contributed by atoms with Crippen molar-refractivity contribution >= 4 is 33.3 Å². The Labute approximate surface area is 193 Å². The lowest BCUT2D eigenvalue weighted by atomic mass is 9.93. The van der Waals surface area contributed by atoms with Crippen molar-refractivity contribution in [1.29, 1.82) is 0 Å². The minimum absolute atomic E-state index is 0.0259. The van der Waals surface area contributed by atoms with E-state index in [-0.39, 0.29) is 5.91 Å². The highest BCUT2D eigenvalue weighted by atomic mass is 32.1. The average molecular weight is 450 g/mol. The third-order valence-corrected chi connectivity index (χ3v) is 7.56. The number of fused-ring (bicyclic) bond motifs is 1. The molecular formula is C25H31N5OS. The van der Waals surface area contributed by atoms with Gasteiger partial charge in [-0.3, -0.25) is 4.79 Å². The first-order chi connectivity index (χ1) is 15.7. The Hall–Kier alpha value is -2.51. The summed E-state index contributed by atoms with van der Waals surface area (Å²) in [6.45, 7) is 5.24. The Morgan fingerprint density at radius 1 is 1.22 bits per heavy atom. The van der Waals surface area contributed by atoms with Gasteiger partial charge in [0.15, 0.2) is 0 Å². The third-order valence-electron chi connectivity index (χ3n) is 6.45. The number of anilines is 1. The molecule has 2 aromatic heterocycles. The summed E-state index contributed by atoms with van der Waals surface area (Å²) in [5.74, 6) is 1.55. The number of aromatic nitrogens is 2. The Bertz CT molecular complexity index is 1100. The molecule has 0 spiro atoms. The highest BCUT2D eigenvalue weighted by Gasteiger charge is 2.25. The lowest BCUT2D eigenvalue weighted by molar-refractivity contribution is 0.0953. The van der Waals surface area contributed by atoms with Gasteiger partial charge in [0.2, 0.25) is 5.95 Å². The molecule has 168 valence electrons. The van der Waals surface area contributed by atoms with Gasteiger partial charge in [-0.05, 0) is 88.2 Å². The summed E-state index contributed by atoms with van der Waals surface area (Å²) in [7, 11) is 0. The number of aryl methyl sites for hydroxylation is 1. The fourth-order valence-corrected chi connectivity index (χ4v) is 5.55. The van der Waals surface area contributed by atoms with E-state index >= 15 is 0 Å². The van der Waals surface area contributed by atoms with Crippen LogP contribution in [0.25, 0.3) is 20.7 Å². The molecule has 1 aromatic carbocycles. The fourth-order valence-electron chi connectivity index (χ4n) is 4.40. The van der Waals surface area contributed by atoms with Gasteiger partial charge in [0, 0.05) is 34.4 Å². The predicted molar refractivity (Wildman–Crippen MR) is 131 cm³/mol. The minimum atomic E-state index is 0.0259. The molecule has 2 aliphatic rings. The standard InChI is InChI=1S/C25H31N5OS/c1-16-15-28-25(27-11-3-4-17-9-12-26-13-10-17)30-23(16)22-14-20-19(5-2-6-21(20)32-22)24(31)29-18-7-8-18/h2,5-6,14-15,17-18,26H,3-4,7-13H2,1H3,(H,29,31)(H,27,28,30). The summed E-state index contributed by atoms with van der Waals surface area (Å²) >= 11 is 1.68. The van der Waals surface area contributed by atoms with Crippen molar-refractivity contribution in [1.82, 2.24) is 20.6 Å². The van der Waals surface area contributed by atoms with Crippen LogP contribution < -0.4 is 16.0 Å². The largest absolute Gasteiger partial charge is 0.354 e. The van der Waals surface area contributed by atoms with Gasteiger partial charge in [-0.2, -0.15) is 0 Å². The summed E-state index contributed by atoms with van der Waals surface area (Å²) in [6, 6.07) is 8.42. The molecule has 0 atom stereocenters. The number of nitrogens with zero attached hydrogens (tertiary/aromatic N) is 2. The number of rotatable bonds is 8. The molecule has 32 heavy (non-hydrogen) atoms. The second kappa shape index (κ2) is 9.55. The van der Waals surface area contributed by atoms with Crippen molar-refractivity contribution in [3.8, 4) is 10.6 Å². The van der Waals surface area contributed by atoms with Crippen LogP contribution in [0, 0.1) is 12.8 Å². The Kier molecular flexibility index (Phi) is 6.37. The number of benzene rings is 1. The molecule has 1 saturated heterocycles. The molecule has 1 aliphatic carbocycles. The van der Waals surface area contributed by atoms with Crippen LogP contribution in [0.2, 0.25) is 0 Å². The average Bonchev–Trinajstić information content (AvgIpc) is 3.52. The van der Waals surface area contributed by atoms with Crippen molar-refractivity contribution in [3.05, 3.63) is 41.6 Å². The van der Waals surface area contributed by atoms with Crippen LogP contribution in [-0.4, -0.2) is 41.6 Å². The number of nitrogens with one attached hydrogen (secondary N) is 3. The van der Waals surface area contributed by atoms with E-state index in [9.17, 15) is 4.79 Å². The van der Waals surface area contributed by atoms with Gasteiger partial charge < -0.3 is 16.0 Å². The van der Waals surface area contributed by atoms with Crippen molar-refractivity contribution in [2.75, 3.05) is 25.0 Å². The van der Waals surface area contributed by atoms with Crippen LogP contribution in [-0.2, 0) is 0 Å². The van der Waals surface area contributed by atoms with Gasteiger partial charge in [-0.15, -0.1) is 11.3 Å². The van der Waals surface area contributed by atoms with Crippen LogP contribution in [0.4, 0.5) is 5.95 Å².